The molecule has 0 spiro atoms. The highest BCUT2D eigenvalue weighted by atomic mass is 31.1. The third kappa shape index (κ3) is 8.86. The van der Waals surface area contributed by atoms with E-state index in [9.17, 15) is 52.7 Å². The normalized spacial score (nSPS) is 15.8. The van der Waals surface area contributed by atoms with E-state index in [4.69, 9.17) is 0 Å². The van der Waals surface area contributed by atoms with E-state index < -0.39 is 85.0 Å². The Kier molecular flexibility index (Phi) is 11.2. The minimum absolute atomic E-state index is 0.124. The Labute approximate surface area is 310 Å². The van der Waals surface area contributed by atoms with Crippen molar-refractivity contribution in [2.75, 3.05) is 0 Å². The van der Waals surface area contributed by atoms with Crippen molar-refractivity contribution in [3.63, 3.8) is 0 Å². The fourth-order valence-electron chi connectivity index (χ4n) is 6.61. The number of rotatable bonds is 8. The van der Waals surface area contributed by atoms with Gasteiger partial charge < -0.3 is 0 Å². The van der Waals surface area contributed by atoms with Crippen LogP contribution in [0.25, 0.3) is 5.57 Å². The lowest BCUT2D eigenvalue weighted by Crippen LogP contribution is -2.30. The molecule has 5 aromatic carbocycles. The fourth-order valence-corrected chi connectivity index (χ4v) is 12.0. The van der Waals surface area contributed by atoms with Crippen molar-refractivity contribution in [1.82, 2.24) is 0 Å². The van der Waals surface area contributed by atoms with E-state index in [1.165, 1.54) is 6.92 Å². The number of benzene rings is 5. The van der Waals surface area contributed by atoms with Crippen LogP contribution in [0.3, 0.4) is 0 Å². The Balaban J connectivity index is 1.57. The summed E-state index contributed by atoms with van der Waals surface area (Å²) < 4.78 is 170. The monoisotopic (exact) mass is 810 g/mol. The molecule has 0 N–H and O–H groups in total. The Morgan fingerprint density at radius 3 is 1.25 bits per heavy atom. The van der Waals surface area contributed by atoms with Crippen LogP contribution in [0.4, 0.5) is 52.7 Å². The number of alkyl halides is 12. The third-order valence-electron chi connectivity index (χ3n) is 9.07. The number of hydrogen-bond acceptors (Lipinski definition) is 0. The van der Waals surface area contributed by atoms with Crippen LogP contribution in [-0.2, 0) is 24.7 Å². The second-order valence-electron chi connectivity index (χ2n) is 12.7. The molecule has 0 fully saturated rings. The third-order valence-corrected chi connectivity index (χ3v) is 14.3. The average Bonchev–Trinajstić information content (AvgIpc) is 3.61. The summed E-state index contributed by atoms with van der Waals surface area (Å²) in [6, 6.07) is 27.6. The Morgan fingerprint density at radius 1 is 0.473 bits per heavy atom. The fraction of sp³-hybridized carbons (Fsp3) is 0.171. The summed E-state index contributed by atoms with van der Waals surface area (Å²) in [5.74, 6) is -0.858. The predicted octanol–water partition coefficient (Wildman–Crippen LogP) is 11.6. The van der Waals surface area contributed by atoms with Crippen molar-refractivity contribution >= 4 is 47.9 Å². The van der Waals surface area contributed by atoms with Gasteiger partial charge in [-0.1, -0.05) is 110 Å². The van der Waals surface area contributed by atoms with Gasteiger partial charge in [-0.2, -0.15) is 52.7 Å². The minimum atomic E-state index is -5.32. The molecule has 2 unspecified atom stereocenters. The maximum absolute atomic E-state index is 14.2. The summed E-state index contributed by atoms with van der Waals surface area (Å²) in [7, 11) is -4.05. The Bertz CT molecular complexity index is 2020. The van der Waals surface area contributed by atoms with Crippen LogP contribution in [0.1, 0.15) is 34.7 Å². The molecule has 0 saturated carbocycles. The molecule has 0 aromatic heterocycles. The molecule has 14 heteroatoms. The van der Waals surface area contributed by atoms with Gasteiger partial charge in [-0.05, 0) is 95.6 Å². The van der Waals surface area contributed by atoms with Crippen molar-refractivity contribution < 1.29 is 52.7 Å². The highest BCUT2D eigenvalue weighted by molar-refractivity contribution is 7.80. The zero-order valence-corrected chi connectivity index (χ0v) is 30.2. The van der Waals surface area contributed by atoms with E-state index in [0.29, 0.717) is 35.4 Å². The summed E-state index contributed by atoms with van der Waals surface area (Å²) in [6.45, 7) is 1.43. The van der Waals surface area contributed by atoms with Crippen molar-refractivity contribution in [3.05, 3.63) is 167 Å². The molecule has 0 amide bonds. The Hall–Kier alpha value is -4.40. The van der Waals surface area contributed by atoms with Gasteiger partial charge in [0.25, 0.3) is 0 Å². The average molecular weight is 811 g/mol. The molecule has 0 radical (unpaired) electrons. The summed E-state index contributed by atoms with van der Waals surface area (Å²) >= 11 is 0. The lowest BCUT2D eigenvalue weighted by molar-refractivity contribution is -0.144. The molecule has 286 valence electrons. The van der Waals surface area contributed by atoms with Crippen molar-refractivity contribution in [3.8, 4) is 0 Å². The second-order valence-corrected chi connectivity index (χ2v) is 17.5. The smallest absolute Gasteiger partial charge is 0.166 e. The molecular weight excluding hydrogens is 782 g/mol. The highest BCUT2D eigenvalue weighted by Gasteiger charge is 2.42. The van der Waals surface area contributed by atoms with Crippen molar-refractivity contribution in [1.29, 1.82) is 0 Å². The molecule has 0 nitrogen and oxygen atoms in total. The SMILES string of the molecule is CC(C1C=CC=C1c1ccccc1P(c1ccccc1)c1ccccc1)P(c1cc(C(F)(F)F)cc(C(F)(F)F)c1)c1cc(C(F)(F)F)cc(C(F)(F)F)c1. The molecule has 0 aliphatic heterocycles. The molecule has 0 heterocycles. The second kappa shape index (κ2) is 15.3. The van der Waals surface area contributed by atoms with E-state index in [1.54, 1.807) is 30.4 Å². The zero-order chi connectivity index (χ0) is 39.9. The van der Waals surface area contributed by atoms with Gasteiger partial charge in [0.2, 0.25) is 0 Å². The van der Waals surface area contributed by atoms with Crippen LogP contribution < -0.4 is 26.5 Å². The molecular formula is C41H28F12P2. The summed E-state index contributed by atoms with van der Waals surface area (Å²) in [4.78, 5) is 0. The van der Waals surface area contributed by atoms with Gasteiger partial charge in [0.15, 0.2) is 0 Å². The quantitative estimate of drug-likeness (QED) is 0.108. The Morgan fingerprint density at radius 2 is 0.855 bits per heavy atom. The van der Waals surface area contributed by atoms with Gasteiger partial charge in [-0.15, -0.1) is 0 Å². The maximum Gasteiger partial charge on any atom is 0.416 e. The lowest BCUT2D eigenvalue weighted by Gasteiger charge is -2.33. The molecule has 2 atom stereocenters. The molecule has 6 rings (SSSR count). The maximum atomic E-state index is 14.2. The first-order valence-electron chi connectivity index (χ1n) is 16.5. The van der Waals surface area contributed by atoms with Gasteiger partial charge >= 0.3 is 24.7 Å². The lowest BCUT2D eigenvalue weighted by atomic mass is 9.93. The molecule has 1 aliphatic rings. The molecule has 0 saturated heterocycles. The zero-order valence-electron chi connectivity index (χ0n) is 28.4. The van der Waals surface area contributed by atoms with Gasteiger partial charge in [0.05, 0.1) is 22.3 Å². The topological polar surface area (TPSA) is 0 Å². The van der Waals surface area contributed by atoms with Gasteiger partial charge in [0.1, 0.15) is 0 Å². The highest BCUT2D eigenvalue weighted by Crippen LogP contribution is 2.52. The van der Waals surface area contributed by atoms with Crippen LogP contribution in [0.15, 0.2) is 140 Å². The number of hydrogen-bond donors (Lipinski definition) is 0. The summed E-state index contributed by atoms with van der Waals surface area (Å²) in [5.41, 5.74) is -6.85. The first-order chi connectivity index (χ1) is 25.7. The van der Waals surface area contributed by atoms with Crippen molar-refractivity contribution in [2.24, 2.45) is 5.92 Å². The number of halogens is 12. The standard InChI is InChI=1S/C41H28F12P2/c1-25(34-16-10-17-35(34)36-15-8-9-18-37(36)55(30-11-4-2-5-12-30)31-13-6-3-7-14-31)54(32-21-26(38(42,43)44)19-27(22-32)39(45,46)47)33-23-28(40(48,49)50)20-29(24-33)41(51,52)53/h2-25,34H,1H3. The molecule has 0 bridgehead atoms. The van der Waals surface area contributed by atoms with E-state index in [2.05, 4.69) is 0 Å². The van der Waals surface area contributed by atoms with E-state index >= 15 is 0 Å². The van der Waals surface area contributed by atoms with Crippen LogP contribution in [0, 0.1) is 5.92 Å². The first kappa shape index (κ1) is 40.3. The van der Waals surface area contributed by atoms with Crippen LogP contribution >= 0.6 is 15.8 Å². The van der Waals surface area contributed by atoms with Crippen LogP contribution in [0.5, 0.6) is 0 Å². The van der Waals surface area contributed by atoms with Crippen LogP contribution in [-0.4, -0.2) is 5.66 Å². The van der Waals surface area contributed by atoms with E-state index in [-0.39, 0.29) is 12.1 Å². The van der Waals surface area contributed by atoms with E-state index in [0.717, 1.165) is 15.9 Å². The van der Waals surface area contributed by atoms with Crippen LogP contribution in [0.2, 0.25) is 0 Å². The van der Waals surface area contributed by atoms with Gasteiger partial charge in [0, 0.05) is 5.92 Å². The minimum Gasteiger partial charge on any atom is -0.166 e. The van der Waals surface area contributed by atoms with Crippen molar-refractivity contribution in [2.45, 2.75) is 37.3 Å². The summed E-state index contributed by atoms with van der Waals surface area (Å²) in [6.07, 6.45) is -16.4. The predicted molar refractivity (Wildman–Crippen MR) is 194 cm³/mol. The van der Waals surface area contributed by atoms with Gasteiger partial charge in [-0.25, -0.2) is 0 Å². The van der Waals surface area contributed by atoms with E-state index in [1.807, 2.05) is 72.8 Å². The summed E-state index contributed by atoms with van der Waals surface area (Å²) in [5, 5.41) is 1.40. The van der Waals surface area contributed by atoms with Gasteiger partial charge in [-0.3, -0.25) is 0 Å². The molecule has 5 aromatic rings. The first-order valence-corrected chi connectivity index (χ1v) is 19.2. The number of allylic oxidation sites excluding steroid dienone is 4. The molecule has 55 heavy (non-hydrogen) atoms. The molecule has 1 aliphatic carbocycles. The largest absolute Gasteiger partial charge is 0.416 e.